The molecular weight excluding hydrogens is 306 g/mol. The second kappa shape index (κ2) is 8.72. The third-order valence-electron chi connectivity index (χ3n) is 3.47. The minimum absolute atomic E-state index is 0.0935. The Kier molecular flexibility index (Phi) is 6.37. The van der Waals surface area contributed by atoms with Crippen LogP contribution in [-0.2, 0) is 14.3 Å². The maximum atomic E-state index is 12.0. The second-order valence-corrected chi connectivity index (χ2v) is 5.36. The van der Waals surface area contributed by atoms with Crippen LogP contribution in [-0.4, -0.2) is 32.1 Å². The van der Waals surface area contributed by atoms with Gasteiger partial charge in [0, 0.05) is 12.7 Å². The van der Waals surface area contributed by atoms with Gasteiger partial charge >= 0.3 is 5.97 Å². The van der Waals surface area contributed by atoms with Gasteiger partial charge in [0.25, 0.3) is 5.91 Å². The van der Waals surface area contributed by atoms with E-state index in [1.54, 1.807) is 7.05 Å². The van der Waals surface area contributed by atoms with Crippen molar-refractivity contribution in [1.82, 2.24) is 0 Å². The van der Waals surface area contributed by atoms with E-state index in [1.165, 1.54) is 4.90 Å². The number of anilines is 1. The molecule has 5 heteroatoms. The molecule has 0 aliphatic rings. The SMILES string of the molecule is Cc1ccc(OCCC(=O)OCC(=O)N(C)c2ccccc2)cc1. The number of likely N-dealkylation sites (N-methyl/N-ethyl adjacent to an activating group) is 1. The highest BCUT2D eigenvalue weighted by molar-refractivity contribution is 5.94. The lowest BCUT2D eigenvalue weighted by molar-refractivity contribution is -0.148. The summed E-state index contributed by atoms with van der Waals surface area (Å²) in [5, 5.41) is 0. The zero-order valence-electron chi connectivity index (χ0n) is 13.9. The molecule has 2 aromatic rings. The molecule has 0 N–H and O–H groups in total. The van der Waals surface area contributed by atoms with Crippen molar-refractivity contribution >= 4 is 17.6 Å². The normalized spacial score (nSPS) is 10.1. The Bertz CT molecular complexity index is 668. The smallest absolute Gasteiger partial charge is 0.309 e. The Balaban J connectivity index is 1.69. The summed E-state index contributed by atoms with van der Waals surface area (Å²) >= 11 is 0. The van der Waals surface area contributed by atoms with Gasteiger partial charge in [-0.1, -0.05) is 35.9 Å². The molecule has 0 spiro atoms. The van der Waals surface area contributed by atoms with Gasteiger partial charge in [0.15, 0.2) is 6.61 Å². The van der Waals surface area contributed by atoms with Crippen LogP contribution in [0.15, 0.2) is 54.6 Å². The lowest BCUT2D eigenvalue weighted by Crippen LogP contribution is -2.31. The number of rotatable bonds is 7. The molecule has 0 heterocycles. The number of amides is 1. The van der Waals surface area contributed by atoms with Gasteiger partial charge in [-0.3, -0.25) is 9.59 Å². The molecule has 2 rings (SSSR count). The lowest BCUT2D eigenvalue weighted by atomic mass is 10.2. The quantitative estimate of drug-likeness (QED) is 0.734. The van der Waals surface area contributed by atoms with Crippen molar-refractivity contribution in [3.63, 3.8) is 0 Å². The van der Waals surface area contributed by atoms with E-state index in [1.807, 2.05) is 61.5 Å². The number of para-hydroxylation sites is 1. The van der Waals surface area contributed by atoms with Gasteiger partial charge in [-0.2, -0.15) is 0 Å². The van der Waals surface area contributed by atoms with Gasteiger partial charge < -0.3 is 14.4 Å². The number of nitrogens with zero attached hydrogens (tertiary/aromatic N) is 1. The van der Waals surface area contributed by atoms with E-state index in [9.17, 15) is 9.59 Å². The summed E-state index contributed by atoms with van der Waals surface area (Å²) in [5.74, 6) is -0.0424. The van der Waals surface area contributed by atoms with E-state index >= 15 is 0 Å². The summed E-state index contributed by atoms with van der Waals surface area (Å²) in [6.07, 6.45) is 0.0935. The maximum Gasteiger partial charge on any atom is 0.309 e. The van der Waals surface area contributed by atoms with Crippen molar-refractivity contribution in [3.8, 4) is 5.75 Å². The molecule has 0 radical (unpaired) electrons. The first-order chi connectivity index (χ1) is 11.6. The maximum absolute atomic E-state index is 12.0. The number of carbonyl (C=O) groups is 2. The molecule has 1 amide bonds. The molecule has 5 nitrogen and oxygen atoms in total. The van der Waals surface area contributed by atoms with Gasteiger partial charge in [0.2, 0.25) is 0 Å². The van der Waals surface area contributed by atoms with E-state index in [2.05, 4.69) is 0 Å². The zero-order valence-corrected chi connectivity index (χ0v) is 13.9. The van der Waals surface area contributed by atoms with Crippen molar-refractivity contribution < 1.29 is 19.1 Å². The van der Waals surface area contributed by atoms with E-state index in [-0.39, 0.29) is 25.5 Å². The molecule has 0 unspecified atom stereocenters. The van der Waals surface area contributed by atoms with Crippen LogP contribution in [0, 0.1) is 6.92 Å². The van der Waals surface area contributed by atoms with E-state index in [0.717, 1.165) is 11.3 Å². The first-order valence-corrected chi connectivity index (χ1v) is 7.73. The Morgan fingerprint density at radius 1 is 1.00 bits per heavy atom. The molecule has 0 aliphatic carbocycles. The summed E-state index contributed by atoms with van der Waals surface area (Å²) in [5.41, 5.74) is 1.89. The Hall–Kier alpha value is -2.82. The average Bonchev–Trinajstić information content (AvgIpc) is 2.61. The summed E-state index contributed by atoms with van der Waals surface area (Å²) in [6, 6.07) is 16.7. The van der Waals surface area contributed by atoms with Crippen molar-refractivity contribution in [2.75, 3.05) is 25.2 Å². The van der Waals surface area contributed by atoms with Crippen LogP contribution in [0.5, 0.6) is 5.75 Å². The molecule has 0 aliphatic heterocycles. The topological polar surface area (TPSA) is 55.8 Å². The Morgan fingerprint density at radius 3 is 2.33 bits per heavy atom. The van der Waals surface area contributed by atoms with Crippen molar-refractivity contribution in [1.29, 1.82) is 0 Å². The number of benzene rings is 2. The fraction of sp³-hybridized carbons (Fsp3) is 0.263. The van der Waals surface area contributed by atoms with Gasteiger partial charge in [-0.25, -0.2) is 0 Å². The molecule has 2 aromatic carbocycles. The van der Waals surface area contributed by atoms with Crippen LogP contribution in [0.2, 0.25) is 0 Å². The van der Waals surface area contributed by atoms with Crippen LogP contribution >= 0.6 is 0 Å². The number of esters is 1. The number of ether oxygens (including phenoxy) is 2. The second-order valence-electron chi connectivity index (χ2n) is 5.36. The summed E-state index contributed by atoms with van der Waals surface area (Å²) in [7, 11) is 1.64. The largest absolute Gasteiger partial charge is 0.493 e. The number of aryl methyl sites for hydroxylation is 1. The van der Waals surface area contributed by atoms with Crippen LogP contribution < -0.4 is 9.64 Å². The minimum Gasteiger partial charge on any atom is -0.493 e. The lowest BCUT2D eigenvalue weighted by Gasteiger charge is -2.17. The average molecular weight is 327 g/mol. The molecule has 126 valence electrons. The predicted octanol–water partition coefficient (Wildman–Crippen LogP) is 2.97. The van der Waals surface area contributed by atoms with E-state index < -0.39 is 5.97 Å². The predicted molar refractivity (Wildman–Crippen MR) is 92.1 cm³/mol. The number of carbonyl (C=O) groups excluding carboxylic acids is 2. The molecule has 0 fully saturated rings. The Morgan fingerprint density at radius 2 is 1.67 bits per heavy atom. The van der Waals surface area contributed by atoms with Crippen LogP contribution in [0.4, 0.5) is 5.69 Å². The summed E-state index contributed by atoms with van der Waals surface area (Å²) in [4.78, 5) is 25.1. The number of hydrogen-bond donors (Lipinski definition) is 0. The molecule has 0 bridgehead atoms. The highest BCUT2D eigenvalue weighted by atomic mass is 16.5. The molecule has 24 heavy (non-hydrogen) atoms. The van der Waals surface area contributed by atoms with Crippen LogP contribution in [0.25, 0.3) is 0 Å². The van der Waals surface area contributed by atoms with Crippen molar-refractivity contribution in [3.05, 3.63) is 60.2 Å². The Labute approximate surface area is 141 Å². The molecular formula is C19H21NO4. The highest BCUT2D eigenvalue weighted by Crippen LogP contribution is 2.12. The zero-order chi connectivity index (χ0) is 17.4. The standard InChI is InChI=1S/C19H21NO4/c1-15-8-10-17(11-9-15)23-13-12-19(22)24-14-18(21)20(2)16-6-4-3-5-7-16/h3-11H,12-14H2,1-2H3. The molecule has 0 aromatic heterocycles. The molecule has 0 saturated carbocycles. The van der Waals surface area contributed by atoms with Crippen molar-refractivity contribution in [2.24, 2.45) is 0 Å². The third kappa shape index (κ3) is 5.43. The molecule has 0 atom stereocenters. The highest BCUT2D eigenvalue weighted by Gasteiger charge is 2.13. The third-order valence-corrected chi connectivity index (χ3v) is 3.47. The summed E-state index contributed by atoms with van der Waals surface area (Å²) in [6.45, 7) is 1.92. The van der Waals surface area contributed by atoms with E-state index in [0.29, 0.717) is 5.75 Å². The fourth-order valence-corrected chi connectivity index (χ4v) is 1.99. The first kappa shape index (κ1) is 17.5. The number of hydrogen-bond acceptors (Lipinski definition) is 4. The van der Waals surface area contributed by atoms with Crippen molar-refractivity contribution in [2.45, 2.75) is 13.3 Å². The molecule has 0 saturated heterocycles. The van der Waals surface area contributed by atoms with Gasteiger partial charge in [0.05, 0.1) is 13.0 Å². The van der Waals surface area contributed by atoms with Gasteiger partial charge in [0.1, 0.15) is 5.75 Å². The van der Waals surface area contributed by atoms with Gasteiger partial charge in [-0.05, 0) is 31.2 Å². The first-order valence-electron chi connectivity index (χ1n) is 7.73. The minimum atomic E-state index is -0.461. The fourth-order valence-electron chi connectivity index (χ4n) is 1.99. The monoisotopic (exact) mass is 327 g/mol. The van der Waals surface area contributed by atoms with Crippen LogP contribution in [0.3, 0.4) is 0 Å². The van der Waals surface area contributed by atoms with Gasteiger partial charge in [-0.15, -0.1) is 0 Å². The van der Waals surface area contributed by atoms with E-state index in [4.69, 9.17) is 9.47 Å². The van der Waals surface area contributed by atoms with Crippen LogP contribution in [0.1, 0.15) is 12.0 Å². The summed E-state index contributed by atoms with van der Waals surface area (Å²) < 4.78 is 10.5.